The number of fused-ring (bicyclic) bond motifs is 1. The average Bonchev–Trinajstić information content (AvgIpc) is 3.52. The lowest BCUT2D eigenvalue weighted by atomic mass is 9.87. The van der Waals surface area contributed by atoms with Crippen molar-refractivity contribution >= 4 is 25.1 Å². The van der Waals surface area contributed by atoms with Crippen molar-refractivity contribution in [2.45, 2.75) is 81.8 Å². The van der Waals surface area contributed by atoms with E-state index in [0.29, 0.717) is 11.2 Å². The highest BCUT2D eigenvalue weighted by molar-refractivity contribution is 7.52. The van der Waals surface area contributed by atoms with Gasteiger partial charge in [-0.05, 0) is 63.8 Å². The van der Waals surface area contributed by atoms with Gasteiger partial charge in [-0.25, -0.2) is 14.1 Å². The van der Waals surface area contributed by atoms with E-state index >= 15 is 0 Å². The van der Waals surface area contributed by atoms with Gasteiger partial charge in [-0.2, -0.15) is 23.4 Å². The number of nitrogens with two attached hydrogens (primary N) is 1. The fourth-order valence-corrected chi connectivity index (χ4v) is 7.07. The number of nitrogens with zero attached hydrogens (tertiary/aromatic N) is 3. The van der Waals surface area contributed by atoms with Crippen LogP contribution in [0.3, 0.4) is 0 Å². The fraction of sp³-hybridized carbons (Fsp3) is 0.536. The summed E-state index contributed by atoms with van der Waals surface area (Å²) in [6.45, 7) is 2.23. The molecule has 2 aliphatic rings. The van der Waals surface area contributed by atoms with Crippen molar-refractivity contribution in [1.29, 1.82) is 0 Å². The second-order valence-corrected chi connectivity index (χ2v) is 13.2. The number of aliphatic hydroxyl groups excluding tert-OH is 2. The zero-order valence-corrected chi connectivity index (χ0v) is 25.4. The van der Waals surface area contributed by atoms with E-state index in [0.717, 1.165) is 0 Å². The molecule has 5 N–H and O–H groups in total. The van der Waals surface area contributed by atoms with Crippen molar-refractivity contribution in [3.63, 3.8) is 0 Å². The summed E-state index contributed by atoms with van der Waals surface area (Å²) in [5.41, 5.74) is 5.12. The SMILES string of the molecule is C[C@@H](N[P@@](=O)(OC[C@@]1(C)O[C@@H](c2ccc3c(N)ncnn23)[C@H](O)[C@@H]1O)Oc1ccccc1)C(=O)OC1CCC(C(F)(F)F)CC1. The number of nitrogen functional groups attached to an aromatic ring is 1. The van der Waals surface area contributed by atoms with Crippen LogP contribution >= 0.6 is 7.75 Å². The van der Waals surface area contributed by atoms with Crippen LogP contribution in [0.4, 0.5) is 19.0 Å². The summed E-state index contributed by atoms with van der Waals surface area (Å²) in [5, 5.41) is 28.6. The Bertz CT molecular complexity index is 1540. The van der Waals surface area contributed by atoms with E-state index < -0.39 is 68.5 Å². The van der Waals surface area contributed by atoms with Crippen molar-refractivity contribution in [3.8, 4) is 5.75 Å². The number of hydrogen-bond acceptors (Lipinski definition) is 11. The van der Waals surface area contributed by atoms with Crippen LogP contribution in [-0.2, 0) is 23.4 Å². The Morgan fingerprint density at radius 2 is 1.89 bits per heavy atom. The van der Waals surface area contributed by atoms with Gasteiger partial charge in [0, 0.05) is 0 Å². The smallest absolute Gasteiger partial charge is 0.459 e. The second-order valence-electron chi connectivity index (χ2n) is 11.5. The topological polar surface area (TPSA) is 180 Å². The van der Waals surface area contributed by atoms with Gasteiger partial charge in [0.2, 0.25) is 0 Å². The third kappa shape index (κ3) is 7.26. The highest BCUT2D eigenvalue weighted by Crippen LogP contribution is 2.48. The number of ether oxygens (including phenoxy) is 2. The van der Waals surface area contributed by atoms with Crippen LogP contribution in [0.25, 0.3) is 5.52 Å². The minimum atomic E-state index is -4.42. The van der Waals surface area contributed by atoms with Crippen molar-refractivity contribution < 1.29 is 51.3 Å². The first-order valence-electron chi connectivity index (χ1n) is 14.4. The van der Waals surface area contributed by atoms with Gasteiger partial charge in [0.25, 0.3) is 0 Å². The maximum Gasteiger partial charge on any atom is 0.459 e. The molecular formula is C28H35F3N5O8P. The van der Waals surface area contributed by atoms with Gasteiger partial charge in [0.15, 0.2) is 5.82 Å². The fourth-order valence-electron chi connectivity index (χ4n) is 5.49. The number of para-hydroxylation sites is 1. The van der Waals surface area contributed by atoms with Gasteiger partial charge in [-0.1, -0.05) is 18.2 Å². The molecule has 45 heavy (non-hydrogen) atoms. The molecule has 17 heteroatoms. The van der Waals surface area contributed by atoms with E-state index in [1.807, 2.05) is 0 Å². The molecule has 5 rings (SSSR count). The lowest BCUT2D eigenvalue weighted by Crippen LogP contribution is -2.45. The molecule has 1 saturated heterocycles. The first kappa shape index (κ1) is 33.1. The Morgan fingerprint density at radius 1 is 1.20 bits per heavy atom. The van der Waals surface area contributed by atoms with Crippen LogP contribution in [-0.4, -0.2) is 73.5 Å². The minimum Gasteiger partial charge on any atom is -0.461 e. The van der Waals surface area contributed by atoms with Gasteiger partial charge in [-0.3, -0.25) is 9.32 Å². The van der Waals surface area contributed by atoms with Gasteiger partial charge in [0.05, 0.1) is 18.2 Å². The summed E-state index contributed by atoms with van der Waals surface area (Å²) in [6, 6.07) is 9.94. The lowest BCUT2D eigenvalue weighted by Gasteiger charge is -2.31. The number of esters is 1. The Balaban J connectivity index is 1.28. The number of alkyl halides is 3. The third-order valence-corrected chi connectivity index (χ3v) is 9.70. The first-order valence-corrected chi connectivity index (χ1v) is 15.9. The number of hydrogen-bond donors (Lipinski definition) is 4. The normalized spacial score (nSPS) is 29.3. The van der Waals surface area contributed by atoms with Crippen molar-refractivity contribution in [2.75, 3.05) is 12.3 Å². The molecule has 1 aliphatic carbocycles. The summed E-state index contributed by atoms with van der Waals surface area (Å²) in [6.07, 6.45) is -8.07. The van der Waals surface area contributed by atoms with Gasteiger partial charge in [-0.15, -0.1) is 0 Å². The van der Waals surface area contributed by atoms with E-state index in [1.165, 1.54) is 36.8 Å². The number of nitrogens with one attached hydrogen (secondary N) is 1. The largest absolute Gasteiger partial charge is 0.461 e. The molecule has 1 saturated carbocycles. The molecule has 0 unspecified atom stereocenters. The van der Waals surface area contributed by atoms with E-state index in [9.17, 15) is 32.7 Å². The van der Waals surface area contributed by atoms with E-state index in [-0.39, 0.29) is 37.3 Å². The number of anilines is 1. The van der Waals surface area contributed by atoms with Crippen molar-refractivity contribution in [2.24, 2.45) is 5.92 Å². The standard InChI is InChI=1S/C28H35F3N5O8P/c1-16(26(39)42-18-10-8-17(9-11-18)28(29,30)31)35-45(40,44-19-6-4-3-5-7-19)41-14-27(2)24(38)22(37)23(43-27)20-12-13-21-25(32)33-15-34-36(20)21/h3-7,12-13,15-18,22-24,37-38H,8-11,14H2,1-2H3,(H,35,40)(H2,32,33,34)/t16-,17?,18?,22+,23+,24+,27-,45-/m1/s1. The molecule has 13 nitrogen and oxygen atoms in total. The molecule has 3 heterocycles. The maximum atomic E-state index is 14.0. The monoisotopic (exact) mass is 657 g/mol. The molecule has 2 fully saturated rings. The van der Waals surface area contributed by atoms with Crippen molar-refractivity contribution in [3.05, 3.63) is 54.5 Å². The molecule has 0 amide bonds. The Hall–Kier alpha value is -3.27. The molecular weight excluding hydrogens is 622 g/mol. The van der Waals surface area contributed by atoms with Crippen LogP contribution in [0.5, 0.6) is 5.75 Å². The maximum absolute atomic E-state index is 14.0. The quantitative estimate of drug-likeness (QED) is 0.184. The highest BCUT2D eigenvalue weighted by Gasteiger charge is 2.54. The number of aliphatic hydroxyl groups is 2. The van der Waals surface area contributed by atoms with Crippen LogP contribution in [0.2, 0.25) is 0 Å². The Labute approximate surface area is 256 Å². The molecule has 3 aromatic rings. The predicted octanol–water partition coefficient (Wildman–Crippen LogP) is 3.71. The summed E-state index contributed by atoms with van der Waals surface area (Å²) in [5.74, 6) is -1.97. The lowest BCUT2D eigenvalue weighted by molar-refractivity contribution is -0.188. The number of halogens is 3. The molecule has 6 atom stereocenters. The Morgan fingerprint density at radius 3 is 2.56 bits per heavy atom. The van der Waals surface area contributed by atoms with Gasteiger partial charge >= 0.3 is 19.9 Å². The Kier molecular flexibility index (Phi) is 9.45. The number of carbonyl (C=O) groups excluding carboxylic acids is 1. The summed E-state index contributed by atoms with van der Waals surface area (Å²) in [7, 11) is -4.42. The molecule has 0 spiro atoms. The van der Waals surface area contributed by atoms with E-state index in [1.54, 1.807) is 30.3 Å². The second kappa shape index (κ2) is 12.9. The number of benzene rings is 1. The summed E-state index contributed by atoms with van der Waals surface area (Å²) in [4.78, 5) is 16.8. The molecule has 0 radical (unpaired) electrons. The summed E-state index contributed by atoms with van der Waals surface area (Å²) >= 11 is 0. The molecule has 0 bridgehead atoms. The van der Waals surface area contributed by atoms with E-state index in [4.69, 9.17) is 24.3 Å². The van der Waals surface area contributed by atoms with Gasteiger partial charge < -0.3 is 29.9 Å². The number of rotatable bonds is 10. The third-order valence-electron chi connectivity index (χ3n) is 8.07. The highest BCUT2D eigenvalue weighted by atomic mass is 31.2. The van der Waals surface area contributed by atoms with Crippen LogP contribution in [0.1, 0.15) is 51.3 Å². The average molecular weight is 658 g/mol. The van der Waals surface area contributed by atoms with Gasteiger partial charge in [0.1, 0.15) is 53.7 Å². The van der Waals surface area contributed by atoms with Crippen LogP contribution in [0.15, 0.2) is 48.8 Å². The van der Waals surface area contributed by atoms with Crippen LogP contribution < -0.4 is 15.3 Å². The van der Waals surface area contributed by atoms with Crippen LogP contribution in [0, 0.1) is 5.92 Å². The molecule has 1 aliphatic heterocycles. The van der Waals surface area contributed by atoms with E-state index in [2.05, 4.69) is 15.2 Å². The first-order chi connectivity index (χ1) is 21.2. The zero-order valence-electron chi connectivity index (χ0n) is 24.5. The molecule has 2 aromatic heterocycles. The zero-order chi connectivity index (χ0) is 32.6. The number of carbonyl (C=O) groups is 1. The minimum absolute atomic E-state index is 0.0456. The summed E-state index contributed by atoms with van der Waals surface area (Å²) < 4.78 is 77.4. The van der Waals surface area contributed by atoms with Crippen molar-refractivity contribution in [1.82, 2.24) is 19.7 Å². The number of aromatic nitrogens is 3. The molecule has 246 valence electrons. The molecule has 1 aromatic carbocycles. The predicted molar refractivity (Wildman–Crippen MR) is 153 cm³/mol.